The second-order valence-electron chi connectivity index (χ2n) is 3.93. The summed E-state index contributed by atoms with van der Waals surface area (Å²) in [5, 5.41) is 4.90. The molecule has 2 aromatic rings. The summed E-state index contributed by atoms with van der Waals surface area (Å²) in [6.45, 7) is 4.03. The third-order valence-electron chi connectivity index (χ3n) is 2.81. The van der Waals surface area contributed by atoms with Crippen LogP contribution in [0.25, 0.3) is 5.69 Å². The summed E-state index contributed by atoms with van der Waals surface area (Å²) < 4.78 is 15.5. The van der Waals surface area contributed by atoms with E-state index in [1.807, 2.05) is 19.9 Å². The van der Waals surface area contributed by atoms with Gasteiger partial charge >= 0.3 is 0 Å². The summed E-state index contributed by atoms with van der Waals surface area (Å²) in [5.74, 6) is 1.43. The van der Waals surface area contributed by atoms with Gasteiger partial charge in [0.1, 0.15) is 11.6 Å². The average molecular weight is 312 g/mol. The lowest BCUT2D eigenvalue weighted by Gasteiger charge is -2.09. The Hall–Kier alpha value is -1.23. The first kappa shape index (κ1) is 13.2. The van der Waals surface area contributed by atoms with Crippen LogP contribution in [0.4, 0.5) is 4.39 Å². The molecular weight excluding hydrogens is 297 g/mol. The molecule has 1 aromatic carbocycles. The van der Waals surface area contributed by atoms with Gasteiger partial charge in [0.15, 0.2) is 5.82 Å². The largest absolute Gasteiger partial charge is 0.217 e. The Morgan fingerprint density at radius 3 is 2.67 bits per heavy atom. The van der Waals surface area contributed by atoms with Gasteiger partial charge in [0, 0.05) is 23.7 Å². The number of rotatable bonds is 4. The van der Waals surface area contributed by atoms with Crippen molar-refractivity contribution in [2.45, 2.75) is 32.0 Å². The molecule has 0 unspecified atom stereocenters. The van der Waals surface area contributed by atoms with Gasteiger partial charge in [-0.25, -0.2) is 14.1 Å². The zero-order chi connectivity index (χ0) is 13.1. The topological polar surface area (TPSA) is 30.7 Å². The van der Waals surface area contributed by atoms with Gasteiger partial charge in [-0.3, -0.25) is 0 Å². The maximum absolute atomic E-state index is 13.8. The number of benzene rings is 1. The van der Waals surface area contributed by atoms with Crippen molar-refractivity contribution in [2.75, 3.05) is 0 Å². The van der Waals surface area contributed by atoms with Crippen molar-refractivity contribution in [2.24, 2.45) is 0 Å². The fourth-order valence-corrected chi connectivity index (χ4v) is 2.40. The molecule has 0 saturated carbocycles. The molecule has 5 heteroatoms. The van der Waals surface area contributed by atoms with Crippen LogP contribution in [0.15, 0.2) is 18.2 Å². The van der Waals surface area contributed by atoms with Gasteiger partial charge in [-0.1, -0.05) is 35.8 Å². The standard InChI is InChI=1S/C13H15BrFN3/c1-3-12-16-13(4-2)18(17-12)11-7-5-6-10(15)9(11)8-14/h5-7H,3-4,8H2,1-2H3. The van der Waals surface area contributed by atoms with Crippen LogP contribution in [0.3, 0.4) is 0 Å². The van der Waals surface area contributed by atoms with Crippen LogP contribution in [-0.2, 0) is 18.2 Å². The Kier molecular flexibility index (Phi) is 4.11. The van der Waals surface area contributed by atoms with E-state index >= 15 is 0 Å². The molecule has 0 aliphatic carbocycles. The van der Waals surface area contributed by atoms with Crippen molar-refractivity contribution in [1.82, 2.24) is 14.8 Å². The van der Waals surface area contributed by atoms with E-state index in [4.69, 9.17) is 0 Å². The molecule has 0 aliphatic rings. The fraction of sp³-hybridized carbons (Fsp3) is 0.385. The van der Waals surface area contributed by atoms with Gasteiger partial charge in [-0.05, 0) is 12.1 Å². The highest BCUT2D eigenvalue weighted by Gasteiger charge is 2.14. The molecule has 18 heavy (non-hydrogen) atoms. The van der Waals surface area contributed by atoms with Crippen LogP contribution >= 0.6 is 15.9 Å². The fourth-order valence-electron chi connectivity index (χ4n) is 1.84. The predicted octanol–water partition coefficient (Wildman–Crippen LogP) is 3.43. The summed E-state index contributed by atoms with van der Waals surface area (Å²) in [7, 11) is 0. The molecule has 1 aromatic heterocycles. The minimum Gasteiger partial charge on any atom is -0.217 e. The molecule has 3 nitrogen and oxygen atoms in total. The van der Waals surface area contributed by atoms with Gasteiger partial charge in [-0.15, -0.1) is 0 Å². The highest BCUT2D eigenvalue weighted by molar-refractivity contribution is 9.08. The van der Waals surface area contributed by atoms with Crippen molar-refractivity contribution in [3.05, 3.63) is 41.2 Å². The third-order valence-corrected chi connectivity index (χ3v) is 3.37. The van der Waals surface area contributed by atoms with Crippen LogP contribution in [-0.4, -0.2) is 14.8 Å². The Balaban J connectivity index is 2.60. The number of halogens is 2. The van der Waals surface area contributed by atoms with Crippen molar-refractivity contribution >= 4 is 15.9 Å². The molecule has 0 spiro atoms. The van der Waals surface area contributed by atoms with Crippen LogP contribution in [0.2, 0.25) is 0 Å². The SMILES string of the molecule is CCc1nc(CC)n(-c2cccc(F)c2CBr)n1. The van der Waals surface area contributed by atoms with Crippen LogP contribution in [0.5, 0.6) is 0 Å². The second-order valence-corrected chi connectivity index (χ2v) is 4.50. The van der Waals surface area contributed by atoms with E-state index in [1.165, 1.54) is 6.07 Å². The van der Waals surface area contributed by atoms with E-state index in [0.717, 1.165) is 30.2 Å². The van der Waals surface area contributed by atoms with Crippen molar-refractivity contribution < 1.29 is 4.39 Å². The zero-order valence-corrected chi connectivity index (χ0v) is 12.0. The molecule has 0 amide bonds. The van der Waals surface area contributed by atoms with Gasteiger partial charge in [0.05, 0.1) is 5.69 Å². The van der Waals surface area contributed by atoms with Crippen molar-refractivity contribution in [1.29, 1.82) is 0 Å². The third kappa shape index (κ3) is 2.32. The summed E-state index contributed by atoms with van der Waals surface area (Å²) >= 11 is 3.33. The molecule has 0 aliphatic heterocycles. The van der Waals surface area contributed by atoms with Crippen molar-refractivity contribution in [3.63, 3.8) is 0 Å². The highest BCUT2D eigenvalue weighted by Crippen LogP contribution is 2.21. The molecule has 0 bridgehead atoms. The Morgan fingerprint density at radius 2 is 2.06 bits per heavy atom. The van der Waals surface area contributed by atoms with Gasteiger partial charge in [0.2, 0.25) is 0 Å². The molecular formula is C13H15BrFN3. The van der Waals surface area contributed by atoms with Crippen molar-refractivity contribution in [3.8, 4) is 5.69 Å². The van der Waals surface area contributed by atoms with Crippen LogP contribution in [0.1, 0.15) is 31.1 Å². The number of hydrogen-bond donors (Lipinski definition) is 0. The Morgan fingerprint density at radius 1 is 1.28 bits per heavy atom. The smallest absolute Gasteiger partial charge is 0.151 e. The molecule has 2 rings (SSSR count). The monoisotopic (exact) mass is 311 g/mol. The number of nitrogens with zero attached hydrogens (tertiary/aromatic N) is 3. The summed E-state index contributed by atoms with van der Waals surface area (Å²) in [6, 6.07) is 5.03. The maximum Gasteiger partial charge on any atom is 0.151 e. The molecule has 96 valence electrons. The van der Waals surface area contributed by atoms with E-state index < -0.39 is 0 Å². The summed E-state index contributed by atoms with van der Waals surface area (Å²) in [5.41, 5.74) is 1.37. The minimum absolute atomic E-state index is 0.222. The number of hydrogen-bond acceptors (Lipinski definition) is 2. The number of aryl methyl sites for hydroxylation is 2. The molecule has 0 radical (unpaired) electrons. The maximum atomic E-state index is 13.8. The minimum atomic E-state index is -0.222. The second kappa shape index (κ2) is 5.61. The lowest BCUT2D eigenvalue weighted by molar-refractivity contribution is 0.613. The molecule has 0 fully saturated rings. The van der Waals surface area contributed by atoms with E-state index in [9.17, 15) is 4.39 Å². The first-order valence-corrected chi connectivity index (χ1v) is 7.11. The van der Waals surface area contributed by atoms with E-state index in [-0.39, 0.29) is 5.82 Å². The van der Waals surface area contributed by atoms with Gasteiger partial charge < -0.3 is 0 Å². The van der Waals surface area contributed by atoms with E-state index in [1.54, 1.807) is 10.7 Å². The normalized spacial score (nSPS) is 10.9. The average Bonchev–Trinajstić information content (AvgIpc) is 2.81. The van der Waals surface area contributed by atoms with E-state index in [0.29, 0.717) is 10.9 Å². The lowest BCUT2D eigenvalue weighted by atomic mass is 10.2. The molecule has 0 N–H and O–H groups in total. The van der Waals surface area contributed by atoms with Crippen LogP contribution < -0.4 is 0 Å². The molecule has 1 heterocycles. The first-order chi connectivity index (χ1) is 8.71. The summed E-state index contributed by atoms with van der Waals surface area (Å²) in [6.07, 6.45) is 1.55. The predicted molar refractivity (Wildman–Crippen MR) is 72.7 cm³/mol. The number of alkyl halides is 1. The summed E-state index contributed by atoms with van der Waals surface area (Å²) in [4.78, 5) is 4.44. The number of aromatic nitrogens is 3. The van der Waals surface area contributed by atoms with Gasteiger partial charge in [-0.2, -0.15) is 5.10 Å². The zero-order valence-electron chi connectivity index (χ0n) is 10.5. The Labute approximate surface area is 114 Å². The van der Waals surface area contributed by atoms with E-state index in [2.05, 4.69) is 26.0 Å². The molecule has 0 atom stereocenters. The highest BCUT2D eigenvalue weighted by atomic mass is 79.9. The lowest BCUT2D eigenvalue weighted by Crippen LogP contribution is -2.06. The molecule has 0 saturated heterocycles. The quantitative estimate of drug-likeness (QED) is 0.810. The Bertz CT molecular complexity index is 551. The first-order valence-electron chi connectivity index (χ1n) is 5.99. The van der Waals surface area contributed by atoms with Crippen LogP contribution in [0, 0.1) is 5.82 Å². The van der Waals surface area contributed by atoms with Gasteiger partial charge in [0.25, 0.3) is 0 Å².